The summed E-state index contributed by atoms with van der Waals surface area (Å²) >= 11 is 0. The third-order valence-electron chi connectivity index (χ3n) is 5.29. The highest BCUT2D eigenvalue weighted by molar-refractivity contribution is 5.31. The highest BCUT2D eigenvalue weighted by Gasteiger charge is 2.84. The predicted octanol–water partition coefficient (Wildman–Crippen LogP) is 2.17. The van der Waals surface area contributed by atoms with E-state index < -0.39 is 0 Å². The molecule has 0 spiro atoms. The van der Waals surface area contributed by atoms with Gasteiger partial charge in [-0.2, -0.15) is 0 Å². The van der Waals surface area contributed by atoms with Crippen molar-refractivity contribution in [2.75, 3.05) is 6.61 Å². The largest absolute Gasteiger partial charge is 0.378 e. The molecule has 1 nitrogen and oxygen atoms in total. The summed E-state index contributed by atoms with van der Waals surface area (Å²) in [5, 5.41) is 0. The molecule has 5 rings (SSSR count). The van der Waals surface area contributed by atoms with Crippen molar-refractivity contribution in [1.29, 1.82) is 0 Å². The molecular weight excluding hydrogens is 160 g/mol. The molecular formula is C12H18O. The van der Waals surface area contributed by atoms with Crippen LogP contribution in [0.2, 0.25) is 0 Å². The van der Waals surface area contributed by atoms with Crippen LogP contribution >= 0.6 is 0 Å². The van der Waals surface area contributed by atoms with Crippen molar-refractivity contribution in [1.82, 2.24) is 0 Å². The quantitative estimate of drug-likeness (QED) is 0.643. The summed E-state index contributed by atoms with van der Waals surface area (Å²) in [6.45, 7) is 5.31. The van der Waals surface area contributed by atoms with Crippen LogP contribution in [0.15, 0.2) is 0 Å². The minimum atomic E-state index is 0.554. The Morgan fingerprint density at radius 3 is 2.54 bits per heavy atom. The molecule has 0 aliphatic heterocycles. The fraction of sp³-hybridized carbons (Fsp3) is 1.00. The van der Waals surface area contributed by atoms with E-state index in [1.165, 1.54) is 23.7 Å². The van der Waals surface area contributed by atoms with Gasteiger partial charge in [0.25, 0.3) is 0 Å². The fourth-order valence-electron chi connectivity index (χ4n) is 4.70. The van der Waals surface area contributed by atoms with Crippen molar-refractivity contribution >= 4 is 0 Å². The van der Waals surface area contributed by atoms with Gasteiger partial charge in [0.05, 0.1) is 6.10 Å². The summed E-state index contributed by atoms with van der Waals surface area (Å²) in [7, 11) is 0. The molecule has 0 amide bonds. The Morgan fingerprint density at radius 1 is 1.15 bits per heavy atom. The van der Waals surface area contributed by atoms with Gasteiger partial charge in [0.15, 0.2) is 0 Å². The van der Waals surface area contributed by atoms with Crippen LogP contribution in [0.5, 0.6) is 0 Å². The van der Waals surface area contributed by atoms with E-state index in [2.05, 4.69) is 13.8 Å². The first-order valence-corrected chi connectivity index (χ1v) is 5.96. The van der Waals surface area contributed by atoms with E-state index in [1.54, 1.807) is 6.42 Å². The molecule has 0 aromatic heterocycles. The summed E-state index contributed by atoms with van der Waals surface area (Å²) in [5.74, 6) is 8.00. The van der Waals surface area contributed by atoms with Crippen LogP contribution in [-0.2, 0) is 4.74 Å². The summed E-state index contributed by atoms with van der Waals surface area (Å²) in [4.78, 5) is 0. The molecule has 0 unspecified atom stereocenters. The molecule has 0 aromatic rings. The van der Waals surface area contributed by atoms with Crippen LogP contribution < -0.4 is 0 Å². The van der Waals surface area contributed by atoms with Gasteiger partial charge in [-0.25, -0.2) is 0 Å². The molecule has 5 aliphatic rings. The van der Waals surface area contributed by atoms with Crippen molar-refractivity contribution in [2.24, 2.45) is 41.4 Å². The number of hydrogen-bond acceptors (Lipinski definition) is 1. The molecule has 72 valence electrons. The zero-order chi connectivity index (χ0) is 8.74. The summed E-state index contributed by atoms with van der Waals surface area (Å²) in [5.41, 5.74) is 0. The first-order valence-electron chi connectivity index (χ1n) is 5.96. The summed E-state index contributed by atoms with van der Waals surface area (Å²) in [6.07, 6.45) is 2.12. The highest BCUT2D eigenvalue weighted by Crippen LogP contribution is 2.88. The maximum absolute atomic E-state index is 5.73. The van der Waals surface area contributed by atoms with E-state index in [-0.39, 0.29) is 0 Å². The Morgan fingerprint density at radius 2 is 1.92 bits per heavy atom. The van der Waals surface area contributed by atoms with Crippen LogP contribution in [0, 0.1) is 41.4 Å². The van der Waals surface area contributed by atoms with Crippen molar-refractivity contribution < 1.29 is 4.74 Å². The van der Waals surface area contributed by atoms with Crippen LogP contribution in [0.4, 0.5) is 0 Å². The van der Waals surface area contributed by atoms with Gasteiger partial charge in [0, 0.05) is 6.61 Å². The van der Waals surface area contributed by atoms with Gasteiger partial charge in [-0.05, 0) is 61.7 Å². The average Bonchev–Trinajstić information content (AvgIpc) is 2.98. The molecule has 0 heterocycles. The van der Waals surface area contributed by atoms with Gasteiger partial charge < -0.3 is 4.74 Å². The molecule has 0 N–H and O–H groups in total. The lowest BCUT2D eigenvalue weighted by molar-refractivity contribution is 0.0536. The molecule has 5 aliphatic carbocycles. The summed E-state index contributed by atoms with van der Waals surface area (Å²) < 4.78 is 5.73. The lowest BCUT2D eigenvalue weighted by atomic mass is 9.89. The first kappa shape index (κ1) is 7.28. The number of ether oxygens (including phenoxy) is 1. The number of hydrogen-bond donors (Lipinski definition) is 0. The van der Waals surface area contributed by atoms with Crippen molar-refractivity contribution in [3.05, 3.63) is 0 Å². The lowest BCUT2D eigenvalue weighted by Gasteiger charge is -2.16. The molecule has 2 bridgehead atoms. The standard InChI is InChI=1S/C12H18O/c1-3-13-5(2)8-6-4-7-10-11(7)12(10)9(6)8/h5-12H,3-4H2,1-2H3/t5-,6+,7?,8-,9-,10-,11-,12?/m1/s1. The second kappa shape index (κ2) is 1.98. The molecule has 0 aromatic carbocycles. The maximum Gasteiger partial charge on any atom is 0.0580 e. The Hall–Kier alpha value is -0.0400. The normalized spacial score (nSPS) is 66.5. The van der Waals surface area contributed by atoms with E-state index in [4.69, 9.17) is 4.74 Å². The SMILES string of the molecule is CCO[C@H](C)[C@@H]1[C@@H]2CC3[C@H]4C([C@H]34)[C@H]21. The van der Waals surface area contributed by atoms with Crippen LogP contribution in [0.25, 0.3) is 0 Å². The van der Waals surface area contributed by atoms with Gasteiger partial charge in [0.1, 0.15) is 0 Å². The Labute approximate surface area is 79.8 Å². The highest BCUT2D eigenvalue weighted by atomic mass is 16.5. The van der Waals surface area contributed by atoms with Gasteiger partial charge in [-0.3, -0.25) is 0 Å². The zero-order valence-electron chi connectivity index (χ0n) is 8.44. The fourth-order valence-corrected chi connectivity index (χ4v) is 4.70. The Bertz CT molecular complexity index is 245. The Balaban J connectivity index is 1.47. The minimum Gasteiger partial charge on any atom is -0.378 e. The molecule has 5 fully saturated rings. The van der Waals surface area contributed by atoms with Gasteiger partial charge in [-0.15, -0.1) is 0 Å². The third kappa shape index (κ3) is 0.707. The van der Waals surface area contributed by atoms with Crippen molar-refractivity contribution in [3.8, 4) is 0 Å². The zero-order valence-corrected chi connectivity index (χ0v) is 8.44. The van der Waals surface area contributed by atoms with Crippen LogP contribution in [-0.4, -0.2) is 12.7 Å². The topological polar surface area (TPSA) is 9.23 Å². The maximum atomic E-state index is 5.73. The van der Waals surface area contributed by atoms with Gasteiger partial charge in [0.2, 0.25) is 0 Å². The van der Waals surface area contributed by atoms with Crippen molar-refractivity contribution in [3.63, 3.8) is 0 Å². The second-order valence-corrected chi connectivity index (χ2v) is 5.61. The molecule has 5 saturated carbocycles. The minimum absolute atomic E-state index is 0.554. The van der Waals surface area contributed by atoms with Crippen LogP contribution in [0.1, 0.15) is 20.3 Å². The average molecular weight is 178 g/mol. The smallest absolute Gasteiger partial charge is 0.0580 e. The number of rotatable bonds is 3. The van der Waals surface area contributed by atoms with Gasteiger partial charge >= 0.3 is 0 Å². The predicted molar refractivity (Wildman–Crippen MR) is 50.1 cm³/mol. The lowest BCUT2D eigenvalue weighted by Crippen LogP contribution is -2.13. The molecule has 1 heteroatoms. The monoisotopic (exact) mass is 178 g/mol. The molecule has 13 heavy (non-hydrogen) atoms. The Kier molecular flexibility index (Phi) is 1.11. The van der Waals surface area contributed by atoms with E-state index in [1.807, 2.05) is 0 Å². The van der Waals surface area contributed by atoms with E-state index >= 15 is 0 Å². The van der Waals surface area contributed by atoms with Crippen molar-refractivity contribution in [2.45, 2.75) is 26.4 Å². The molecule has 0 saturated heterocycles. The van der Waals surface area contributed by atoms with Crippen LogP contribution in [0.3, 0.4) is 0 Å². The second-order valence-electron chi connectivity index (χ2n) is 5.61. The van der Waals surface area contributed by atoms with Gasteiger partial charge in [-0.1, -0.05) is 0 Å². The third-order valence-corrected chi connectivity index (χ3v) is 5.29. The first-order chi connectivity index (χ1) is 6.34. The molecule has 0 radical (unpaired) electrons. The molecule has 6 atom stereocenters. The van der Waals surface area contributed by atoms with E-state index in [0.29, 0.717) is 6.10 Å². The summed E-state index contributed by atoms with van der Waals surface area (Å²) in [6, 6.07) is 0. The van der Waals surface area contributed by atoms with E-state index in [0.717, 1.165) is 24.4 Å². The van der Waals surface area contributed by atoms with E-state index in [9.17, 15) is 0 Å².